The number of pyridine rings is 1. The van der Waals surface area contributed by atoms with E-state index in [-0.39, 0.29) is 28.5 Å². The number of nitriles is 1. The Morgan fingerprint density at radius 1 is 1.04 bits per heavy atom. The van der Waals surface area contributed by atoms with E-state index < -0.39 is 16.7 Å². The Bertz CT molecular complexity index is 1880. The largest absolute Gasteiger partial charge is 0.373 e. The Labute approximate surface area is 287 Å². The highest BCUT2D eigenvalue weighted by Gasteiger charge is 2.32. The summed E-state index contributed by atoms with van der Waals surface area (Å²) >= 11 is 18.8. The van der Waals surface area contributed by atoms with E-state index in [4.69, 9.17) is 34.8 Å². The molecule has 1 atom stereocenters. The standard InChI is InChI=1S/C34H33Cl3F2N8/c1-34(2,3)46-12-10-23(11-13-46)47-18-28(44-45-47)32(19-4-6-21(35)7-5-19)42-22-14-24-31(20(16-40)17-41-33(24)25(36)15-22)43-27-9-8-26(38)29(37)30(27)39/h4-9,14-15,17-18,23,32,42,44-45H,10-13H2,1-3H3,(H,41,43)/t32-/m0/s1. The minimum Gasteiger partial charge on any atom is -0.373 e. The minimum atomic E-state index is -0.982. The predicted molar refractivity (Wildman–Crippen MR) is 184 cm³/mol. The molecule has 2 aliphatic heterocycles. The highest BCUT2D eigenvalue weighted by Crippen LogP contribution is 2.38. The lowest BCUT2D eigenvalue weighted by molar-refractivity contribution is 0.0570. The van der Waals surface area contributed by atoms with Crippen LogP contribution in [-0.2, 0) is 0 Å². The second kappa shape index (κ2) is 13.3. The summed E-state index contributed by atoms with van der Waals surface area (Å²) in [4.78, 5) is 6.90. The van der Waals surface area contributed by atoms with Crippen LogP contribution in [0.4, 0.5) is 25.8 Å². The Morgan fingerprint density at radius 3 is 2.45 bits per heavy atom. The van der Waals surface area contributed by atoms with E-state index in [1.54, 1.807) is 12.1 Å². The van der Waals surface area contributed by atoms with Crippen LogP contribution in [0.3, 0.4) is 0 Å². The maximum atomic E-state index is 14.9. The van der Waals surface area contributed by atoms with Gasteiger partial charge in [0.15, 0.2) is 5.82 Å². The fourth-order valence-electron chi connectivity index (χ4n) is 5.98. The van der Waals surface area contributed by atoms with Crippen molar-refractivity contribution in [1.82, 2.24) is 25.9 Å². The molecule has 0 spiro atoms. The number of rotatable bonds is 7. The number of benzene rings is 3. The first-order chi connectivity index (χ1) is 22.4. The Balaban J connectivity index is 1.35. The molecule has 1 aromatic heterocycles. The van der Waals surface area contributed by atoms with Crippen molar-refractivity contribution in [1.29, 1.82) is 5.26 Å². The van der Waals surface area contributed by atoms with Gasteiger partial charge in [0.1, 0.15) is 16.9 Å². The fourth-order valence-corrected chi connectivity index (χ4v) is 6.54. The van der Waals surface area contributed by atoms with Crippen LogP contribution in [0, 0.1) is 23.0 Å². The third kappa shape index (κ3) is 6.91. The normalized spacial score (nSPS) is 16.5. The number of fused-ring (bicyclic) bond motifs is 1. The van der Waals surface area contributed by atoms with Crippen LogP contribution in [0.1, 0.15) is 50.8 Å². The molecular formula is C34H33Cl3F2N8. The van der Waals surface area contributed by atoms with Crippen molar-refractivity contribution in [2.24, 2.45) is 0 Å². The monoisotopic (exact) mass is 696 g/mol. The van der Waals surface area contributed by atoms with Crippen LogP contribution in [-0.4, -0.2) is 39.6 Å². The third-order valence-corrected chi connectivity index (χ3v) is 9.47. The van der Waals surface area contributed by atoms with Gasteiger partial charge >= 0.3 is 0 Å². The van der Waals surface area contributed by atoms with Gasteiger partial charge in [-0.25, -0.2) is 8.78 Å². The number of aromatic nitrogens is 1. The van der Waals surface area contributed by atoms with Gasteiger partial charge in [-0.05, 0) is 75.6 Å². The number of hydrazine groups is 2. The van der Waals surface area contributed by atoms with E-state index in [2.05, 4.69) is 69.5 Å². The average molecular weight is 698 g/mol. The molecule has 1 saturated heterocycles. The van der Waals surface area contributed by atoms with Gasteiger partial charge in [0, 0.05) is 53.2 Å². The van der Waals surface area contributed by atoms with Crippen molar-refractivity contribution in [3.05, 3.63) is 104 Å². The zero-order valence-corrected chi connectivity index (χ0v) is 28.2. The number of anilines is 3. The van der Waals surface area contributed by atoms with Gasteiger partial charge in [-0.1, -0.05) is 46.9 Å². The molecule has 2 aliphatic rings. The molecule has 47 heavy (non-hydrogen) atoms. The molecule has 3 aromatic carbocycles. The van der Waals surface area contributed by atoms with E-state index in [0.717, 1.165) is 43.3 Å². The van der Waals surface area contributed by atoms with E-state index in [0.29, 0.717) is 32.7 Å². The van der Waals surface area contributed by atoms with Gasteiger partial charge < -0.3 is 16.1 Å². The number of likely N-dealkylation sites (tertiary alicyclic amines) is 1. The maximum absolute atomic E-state index is 14.9. The quantitative estimate of drug-likeness (QED) is 0.143. The highest BCUT2D eigenvalue weighted by atomic mass is 35.5. The summed E-state index contributed by atoms with van der Waals surface area (Å²) in [7, 11) is 0. The van der Waals surface area contributed by atoms with Gasteiger partial charge in [-0.2, -0.15) is 5.26 Å². The first-order valence-corrected chi connectivity index (χ1v) is 16.3. The Hall–Kier alpha value is -3.85. The second-order valence-electron chi connectivity index (χ2n) is 12.6. The number of halogens is 5. The van der Waals surface area contributed by atoms with Crippen LogP contribution in [0.5, 0.6) is 0 Å². The molecule has 0 aliphatic carbocycles. The van der Waals surface area contributed by atoms with Crippen LogP contribution >= 0.6 is 34.8 Å². The zero-order valence-electron chi connectivity index (χ0n) is 25.9. The summed E-state index contributed by atoms with van der Waals surface area (Å²) < 4.78 is 28.8. The van der Waals surface area contributed by atoms with Crippen molar-refractivity contribution in [2.75, 3.05) is 23.7 Å². The molecule has 13 heteroatoms. The van der Waals surface area contributed by atoms with E-state index in [9.17, 15) is 14.0 Å². The maximum Gasteiger partial charge on any atom is 0.168 e. The van der Waals surface area contributed by atoms with Crippen LogP contribution in [0.2, 0.25) is 15.1 Å². The molecule has 4 N–H and O–H groups in total. The summed E-state index contributed by atoms with van der Waals surface area (Å²) in [5.41, 5.74) is 9.90. The molecule has 0 saturated carbocycles. The molecule has 0 amide bonds. The molecular weight excluding hydrogens is 665 g/mol. The highest BCUT2D eigenvalue weighted by molar-refractivity contribution is 6.36. The van der Waals surface area contributed by atoms with Crippen LogP contribution in [0.15, 0.2) is 66.6 Å². The molecule has 0 bridgehead atoms. The first-order valence-electron chi connectivity index (χ1n) is 15.1. The molecule has 244 valence electrons. The minimum absolute atomic E-state index is 0.103. The molecule has 0 unspecified atom stereocenters. The Morgan fingerprint density at radius 2 is 1.77 bits per heavy atom. The molecule has 0 radical (unpaired) electrons. The van der Waals surface area contributed by atoms with Gasteiger partial charge in [0.25, 0.3) is 0 Å². The van der Waals surface area contributed by atoms with Gasteiger partial charge in [-0.15, -0.1) is 5.53 Å². The zero-order chi connectivity index (χ0) is 33.5. The second-order valence-corrected chi connectivity index (χ2v) is 13.8. The Kier molecular flexibility index (Phi) is 9.38. The van der Waals surface area contributed by atoms with Crippen molar-refractivity contribution in [2.45, 2.75) is 51.2 Å². The van der Waals surface area contributed by atoms with E-state index in [1.807, 2.05) is 24.3 Å². The number of hydrogen-bond acceptors (Lipinski definition) is 8. The lowest BCUT2D eigenvalue weighted by Crippen LogP contribution is -2.52. The summed E-state index contributed by atoms with van der Waals surface area (Å²) in [6.07, 6.45) is 5.45. The molecule has 8 nitrogen and oxygen atoms in total. The third-order valence-electron chi connectivity index (χ3n) is 8.58. The van der Waals surface area contributed by atoms with Gasteiger partial charge in [0.2, 0.25) is 0 Å². The number of piperidine rings is 1. The smallest absolute Gasteiger partial charge is 0.168 e. The molecule has 3 heterocycles. The van der Waals surface area contributed by atoms with Crippen molar-refractivity contribution in [3.63, 3.8) is 0 Å². The van der Waals surface area contributed by atoms with Gasteiger partial charge in [0.05, 0.1) is 39.2 Å². The number of nitrogens with one attached hydrogen (secondary N) is 4. The van der Waals surface area contributed by atoms with Gasteiger partial charge in [-0.3, -0.25) is 14.9 Å². The average Bonchev–Trinajstić information content (AvgIpc) is 3.54. The van der Waals surface area contributed by atoms with Crippen molar-refractivity contribution in [3.8, 4) is 6.07 Å². The number of hydrogen-bond donors (Lipinski definition) is 4. The summed E-state index contributed by atoms with van der Waals surface area (Å²) in [6.45, 7) is 8.75. The van der Waals surface area contributed by atoms with Crippen molar-refractivity contribution < 1.29 is 8.78 Å². The SMILES string of the molecule is CC(C)(C)N1CCC(N2C=C([C@@H](Nc3cc(Cl)c4ncc(C#N)c(Nc5ccc(F)c(Cl)c5F)c4c3)c3ccc(Cl)cc3)NN2)CC1. The van der Waals surface area contributed by atoms with Crippen LogP contribution < -0.4 is 21.6 Å². The summed E-state index contributed by atoms with van der Waals surface area (Å²) in [5, 5.41) is 19.3. The summed E-state index contributed by atoms with van der Waals surface area (Å²) in [6, 6.07) is 15.4. The fraction of sp³-hybridized carbons (Fsp3) is 0.294. The van der Waals surface area contributed by atoms with Crippen LogP contribution in [0.25, 0.3) is 10.9 Å². The lowest BCUT2D eigenvalue weighted by Gasteiger charge is -2.42. The topological polar surface area (TPSA) is 91.3 Å². The lowest BCUT2D eigenvalue weighted by atomic mass is 9.98. The van der Waals surface area contributed by atoms with Crippen molar-refractivity contribution >= 4 is 62.8 Å². The first kappa shape index (κ1) is 33.1. The number of nitrogens with zero attached hydrogens (tertiary/aromatic N) is 4. The van der Waals surface area contributed by atoms with E-state index in [1.165, 1.54) is 12.3 Å². The molecule has 1 fully saturated rings. The molecule has 4 aromatic rings. The predicted octanol–water partition coefficient (Wildman–Crippen LogP) is 8.67. The van der Waals surface area contributed by atoms with E-state index >= 15 is 0 Å². The summed E-state index contributed by atoms with van der Waals surface area (Å²) in [5.74, 6) is -1.88. The molecule has 6 rings (SSSR count).